The van der Waals surface area contributed by atoms with Crippen molar-refractivity contribution in [1.82, 2.24) is 9.55 Å². The standard InChI is InChI=1S/C13H12BrN3O3/c14-11-3-1-2-10(8-11)4-5-12-15-9-13(17(19)20)16(12)6-7-18/h1-5,8-9,18H,6-7H2/b5-4+. The van der Waals surface area contributed by atoms with Crippen LogP contribution in [-0.2, 0) is 6.54 Å². The van der Waals surface area contributed by atoms with Crippen molar-refractivity contribution < 1.29 is 10.0 Å². The van der Waals surface area contributed by atoms with Gasteiger partial charge in [-0.1, -0.05) is 28.1 Å². The second-order valence-electron chi connectivity index (χ2n) is 4.00. The summed E-state index contributed by atoms with van der Waals surface area (Å²) in [7, 11) is 0. The van der Waals surface area contributed by atoms with E-state index in [-0.39, 0.29) is 19.0 Å². The van der Waals surface area contributed by atoms with Crippen molar-refractivity contribution in [3.8, 4) is 0 Å². The maximum Gasteiger partial charge on any atom is 0.343 e. The van der Waals surface area contributed by atoms with Crippen LogP contribution in [0.25, 0.3) is 12.2 Å². The van der Waals surface area contributed by atoms with E-state index in [4.69, 9.17) is 5.11 Å². The van der Waals surface area contributed by atoms with Crippen molar-refractivity contribution in [2.24, 2.45) is 0 Å². The highest BCUT2D eigenvalue weighted by atomic mass is 79.9. The predicted octanol–water partition coefficient (Wildman–Crippen LogP) is 2.72. The van der Waals surface area contributed by atoms with Crippen LogP contribution in [0.3, 0.4) is 0 Å². The van der Waals surface area contributed by atoms with E-state index < -0.39 is 4.92 Å². The molecule has 1 aromatic heterocycles. The Kier molecular flexibility index (Phi) is 4.65. The van der Waals surface area contributed by atoms with Crippen LogP contribution in [0, 0.1) is 10.1 Å². The molecule has 0 aliphatic carbocycles. The predicted molar refractivity (Wildman–Crippen MR) is 79.0 cm³/mol. The molecular weight excluding hydrogens is 326 g/mol. The van der Waals surface area contributed by atoms with Crippen molar-refractivity contribution in [3.05, 3.63) is 56.4 Å². The molecule has 0 radical (unpaired) electrons. The van der Waals surface area contributed by atoms with Crippen LogP contribution in [0.2, 0.25) is 0 Å². The van der Waals surface area contributed by atoms with Crippen LogP contribution < -0.4 is 0 Å². The van der Waals surface area contributed by atoms with Gasteiger partial charge in [-0.3, -0.25) is 0 Å². The summed E-state index contributed by atoms with van der Waals surface area (Å²) in [5, 5.41) is 19.9. The maximum atomic E-state index is 10.9. The summed E-state index contributed by atoms with van der Waals surface area (Å²) in [4.78, 5) is 14.4. The van der Waals surface area contributed by atoms with Gasteiger partial charge in [-0.25, -0.2) is 9.55 Å². The fraction of sp³-hybridized carbons (Fsp3) is 0.154. The van der Waals surface area contributed by atoms with Gasteiger partial charge in [-0.05, 0) is 28.7 Å². The molecule has 0 saturated carbocycles. The van der Waals surface area contributed by atoms with Gasteiger partial charge in [0.2, 0.25) is 5.82 Å². The molecule has 0 unspecified atom stereocenters. The number of aromatic nitrogens is 2. The Bertz CT molecular complexity index is 652. The lowest BCUT2D eigenvalue weighted by Crippen LogP contribution is -2.07. The first-order valence-corrected chi connectivity index (χ1v) is 6.65. The number of rotatable bonds is 5. The molecule has 0 aliphatic rings. The highest BCUT2D eigenvalue weighted by Gasteiger charge is 2.17. The van der Waals surface area contributed by atoms with Crippen LogP contribution in [-0.4, -0.2) is 26.2 Å². The van der Waals surface area contributed by atoms with Crippen LogP contribution >= 0.6 is 15.9 Å². The van der Waals surface area contributed by atoms with Gasteiger partial charge in [0.15, 0.2) is 0 Å². The molecule has 0 bridgehead atoms. The number of halogens is 1. The molecule has 104 valence electrons. The van der Waals surface area contributed by atoms with Gasteiger partial charge >= 0.3 is 5.82 Å². The summed E-state index contributed by atoms with van der Waals surface area (Å²) in [5.74, 6) is 0.304. The lowest BCUT2D eigenvalue weighted by atomic mass is 10.2. The summed E-state index contributed by atoms with van der Waals surface area (Å²) >= 11 is 3.37. The Morgan fingerprint density at radius 3 is 2.90 bits per heavy atom. The number of hydrogen-bond acceptors (Lipinski definition) is 4. The summed E-state index contributed by atoms with van der Waals surface area (Å²) < 4.78 is 2.32. The summed E-state index contributed by atoms with van der Waals surface area (Å²) in [6, 6.07) is 7.64. The van der Waals surface area contributed by atoms with Gasteiger partial charge in [-0.15, -0.1) is 0 Å². The molecule has 1 heterocycles. The van der Waals surface area contributed by atoms with Crippen molar-refractivity contribution in [2.45, 2.75) is 6.54 Å². The van der Waals surface area contributed by atoms with Crippen molar-refractivity contribution in [2.75, 3.05) is 6.61 Å². The maximum absolute atomic E-state index is 10.9. The van der Waals surface area contributed by atoms with E-state index >= 15 is 0 Å². The monoisotopic (exact) mass is 337 g/mol. The van der Waals surface area contributed by atoms with Gasteiger partial charge in [0, 0.05) is 10.5 Å². The number of nitro groups is 1. The molecule has 7 heteroatoms. The smallest absolute Gasteiger partial charge is 0.343 e. The molecule has 0 saturated heterocycles. The Morgan fingerprint density at radius 2 is 2.25 bits per heavy atom. The fourth-order valence-corrected chi connectivity index (χ4v) is 2.19. The first-order valence-electron chi connectivity index (χ1n) is 5.86. The van der Waals surface area contributed by atoms with Crippen molar-refractivity contribution in [1.29, 1.82) is 0 Å². The largest absolute Gasteiger partial charge is 0.392 e. The third kappa shape index (κ3) is 3.31. The van der Waals surface area contributed by atoms with Crippen LogP contribution in [0.5, 0.6) is 0 Å². The Balaban J connectivity index is 2.31. The zero-order valence-corrected chi connectivity index (χ0v) is 12.0. The minimum absolute atomic E-state index is 0.132. The third-order valence-electron chi connectivity index (χ3n) is 2.65. The zero-order valence-electron chi connectivity index (χ0n) is 10.4. The summed E-state index contributed by atoms with van der Waals surface area (Å²) in [5.41, 5.74) is 0.945. The first-order chi connectivity index (χ1) is 9.61. The molecule has 1 N–H and O–H groups in total. The normalized spacial score (nSPS) is 11.1. The van der Waals surface area contributed by atoms with E-state index in [1.807, 2.05) is 30.3 Å². The third-order valence-corrected chi connectivity index (χ3v) is 3.14. The highest BCUT2D eigenvalue weighted by Crippen LogP contribution is 2.17. The average molecular weight is 338 g/mol. The number of nitrogens with zero attached hydrogens (tertiary/aromatic N) is 3. The second-order valence-corrected chi connectivity index (χ2v) is 4.91. The number of benzene rings is 1. The van der Waals surface area contributed by atoms with Crippen LogP contribution in [0.15, 0.2) is 34.9 Å². The minimum atomic E-state index is -0.515. The molecule has 0 atom stereocenters. The molecule has 1 aromatic carbocycles. The van der Waals surface area contributed by atoms with E-state index in [1.54, 1.807) is 6.08 Å². The second kappa shape index (κ2) is 6.44. The highest BCUT2D eigenvalue weighted by molar-refractivity contribution is 9.10. The molecule has 0 aliphatic heterocycles. The number of hydrogen-bond donors (Lipinski definition) is 1. The molecule has 2 rings (SSSR count). The van der Waals surface area contributed by atoms with Gasteiger partial charge < -0.3 is 15.2 Å². The lowest BCUT2D eigenvalue weighted by molar-refractivity contribution is -0.392. The first kappa shape index (κ1) is 14.4. The number of aliphatic hydroxyl groups excluding tert-OH is 1. The van der Waals surface area contributed by atoms with E-state index in [0.717, 1.165) is 10.0 Å². The zero-order chi connectivity index (χ0) is 14.5. The van der Waals surface area contributed by atoms with Crippen LogP contribution in [0.1, 0.15) is 11.4 Å². The Hall–Kier alpha value is -1.99. The van der Waals surface area contributed by atoms with Crippen molar-refractivity contribution in [3.63, 3.8) is 0 Å². The minimum Gasteiger partial charge on any atom is -0.392 e. The topological polar surface area (TPSA) is 81.2 Å². The summed E-state index contributed by atoms with van der Waals surface area (Å²) in [6.45, 7) is -0.0522. The van der Waals surface area contributed by atoms with Crippen LogP contribution in [0.4, 0.5) is 5.82 Å². The average Bonchev–Trinajstić information content (AvgIpc) is 2.80. The van der Waals surface area contributed by atoms with E-state index in [9.17, 15) is 10.1 Å². The Morgan fingerprint density at radius 1 is 1.45 bits per heavy atom. The molecule has 2 aromatic rings. The number of aliphatic hydroxyl groups is 1. The molecule has 0 fully saturated rings. The lowest BCUT2D eigenvalue weighted by Gasteiger charge is -2.00. The molecule has 6 nitrogen and oxygen atoms in total. The van der Waals surface area contributed by atoms with E-state index in [2.05, 4.69) is 20.9 Å². The Labute approximate surface area is 123 Å². The molecule has 0 amide bonds. The van der Waals surface area contributed by atoms with E-state index in [0.29, 0.717) is 5.82 Å². The van der Waals surface area contributed by atoms with Gasteiger partial charge in [0.05, 0.1) is 6.61 Å². The SMILES string of the molecule is O=[N+]([O-])c1cnc(/C=C/c2cccc(Br)c2)n1CCO. The quantitative estimate of drug-likeness (QED) is 0.671. The molecule has 0 spiro atoms. The molecule has 20 heavy (non-hydrogen) atoms. The fourth-order valence-electron chi connectivity index (χ4n) is 1.77. The molecular formula is C13H12BrN3O3. The summed E-state index contributed by atoms with van der Waals surface area (Å²) in [6.07, 6.45) is 4.69. The van der Waals surface area contributed by atoms with Gasteiger partial charge in [0.25, 0.3) is 0 Å². The van der Waals surface area contributed by atoms with Crippen molar-refractivity contribution >= 4 is 33.9 Å². The van der Waals surface area contributed by atoms with Gasteiger partial charge in [-0.2, -0.15) is 0 Å². The van der Waals surface area contributed by atoms with E-state index in [1.165, 1.54) is 10.8 Å². The number of imidazole rings is 1. The van der Waals surface area contributed by atoms with Gasteiger partial charge in [0.1, 0.15) is 12.7 Å².